The predicted molar refractivity (Wildman–Crippen MR) is 127 cm³/mol. The zero-order valence-corrected chi connectivity index (χ0v) is 20.9. The van der Waals surface area contributed by atoms with Crippen LogP contribution in [0.3, 0.4) is 0 Å². The highest BCUT2D eigenvalue weighted by atomic mass is 35.5. The maximum atomic E-state index is 13.7. The maximum absolute atomic E-state index is 13.7. The van der Waals surface area contributed by atoms with Crippen molar-refractivity contribution >= 4 is 40.8 Å². The minimum atomic E-state index is -3.14. The lowest BCUT2D eigenvalue weighted by atomic mass is 9.72. The number of nitrogens with zero attached hydrogens (tertiary/aromatic N) is 1. The zero-order chi connectivity index (χ0) is 27.0. The van der Waals surface area contributed by atoms with Gasteiger partial charge in [-0.25, -0.2) is 13.2 Å². The van der Waals surface area contributed by atoms with Crippen LogP contribution in [-0.4, -0.2) is 46.6 Å². The third-order valence-electron chi connectivity index (χ3n) is 7.78. The molecular formula is C25H24ClF3N4O4. The number of aromatic nitrogens is 1. The van der Waals surface area contributed by atoms with Gasteiger partial charge >= 0.3 is 0 Å². The molecule has 3 atom stereocenters. The van der Waals surface area contributed by atoms with Crippen LogP contribution >= 0.6 is 11.6 Å². The Morgan fingerprint density at radius 2 is 1.84 bits per heavy atom. The van der Waals surface area contributed by atoms with Gasteiger partial charge in [-0.1, -0.05) is 18.5 Å². The smallest absolute Gasteiger partial charge is 0.293 e. The monoisotopic (exact) mass is 536 g/mol. The van der Waals surface area contributed by atoms with Gasteiger partial charge in [0.2, 0.25) is 5.91 Å². The average Bonchev–Trinajstić information content (AvgIpc) is 3.12. The topological polar surface area (TPSA) is 109 Å². The van der Waals surface area contributed by atoms with Crippen molar-refractivity contribution in [3.05, 3.63) is 51.6 Å². The van der Waals surface area contributed by atoms with E-state index in [0.717, 1.165) is 6.07 Å². The second-order valence-electron chi connectivity index (χ2n) is 10.1. The highest BCUT2D eigenvalue weighted by molar-refractivity contribution is 6.44. The lowest BCUT2D eigenvalue weighted by Gasteiger charge is -2.45. The fourth-order valence-corrected chi connectivity index (χ4v) is 6.08. The summed E-state index contributed by atoms with van der Waals surface area (Å²) < 4.78 is 42.6. The van der Waals surface area contributed by atoms with E-state index in [0.29, 0.717) is 12.2 Å². The number of carbonyl (C=O) groups is 4. The quantitative estimate of drug-likeness (QED) is 0.388. The molecule has 5 rings (SSSR count). The number of hydrogen-bond donors (Lipinski definition) is 3. The first-order chi connectivity index (χ1) is 17.3. The normalized spacial score (nSPS) is 23.8. The van der Waals surface area contributed by atoms with Crippen molar-refractivity contribution in [1.82, 2.24) is 15.2 Å². The Balaban J connectivity index is 1.47. The number of hydrogen-bond acceptors (Lipinski definition) is 4. The van der Waals surface area contributed by atoms with Gasteiger partial charge in [0.15, 0.2) is 0 Å². The molecular weight excluding hydrogens is 513 g/mol. The van der Waals surface area contributed by atoms with Crippen molar-refractivity contribution in [2.45, 2.75) is 50.6 Å². The van der Waals surface area contributed by atoms with Crippen molar-refractivity contribution in [3.8, 4) is 0 Å². The zero-order valence-electron chi connectivity index (χ0n) is 20.2. The first-order valence-electron chi connectivity index (χ1n) is 11.8. The number of ketones is 1. The minimum Gasteiger partial charge on any atom is -0.357 e. The molecule has 2 aromatic rings. The number of rotatable bonds is 6. The maximum Gasteiger partial charge on any atom is 0.293 e. The fraction of sp³-hybridized carbons (Fsp3) is 0.440. The molecule has 1 aliphatic heterocycles. The first-order valence-corrected chi connectivity index (χ1v) is 12.1. The predicted octanol–water partition coefficient (Wildman–Crippen LogP) is 3.42. The van der Waals surface area contributed by atoms with Crippen LogP contribution in [0.25, 0.3) is 0 Å². The second kappa shape index (κ2) is 8.34. The summed E-state index contributed by atoms with van der Waals surface area (Å²) in [7, 11) is 1.26. The van der Waals surface area contributed by atoms with Gasteiger partial charge < -0.3 is 20.5 Å². The highest BCUT2D eigenvalue weighted by Gasteiger charge is 2.62. The van der Waals surface area contributed by atoms with E-state index in [1.54, 1.807) is 4.57 Å². The van der Waals surface area contributed by atoms with Crippen LogP contribution in [0.2, 0.25) is 5.02 Å². The van der Waals surface area contributed by atoms with Crippen LogP contribution in [0.1, 0.15) is 57.8 Å². The molecule has 3 aliphatic rings. The number of fused-ring (bicyclic) bond motifs is 3. The van der Waals surface area contributed by atoms with E-state index in [9.17, 15) is 32.3 Å². The molecule has 2 aliphatic carbocycles. The van der Waals surface area contributed by atoms with Gasteiger partial charge in [-0.15, -0.1) is 0 Å². The number of halogens is 4. The van der Waals surface area contributed by atoms with E-state index in [1.807, 2.05) is 6.92 Å². The lowest BCUT2D eigenvalue weighted by molar-refractivity contribution is -0.164. The van der Waals surface area contributed by atoms with Crippen LogP contribution in [-0.2, 0) is 16.1 Å². The summed E-state index contributed by atoms with van der Waals surface area (Å²) in [6.45, 7) is 4.01. The Morgan fingerprint density at radius 3 is 2.43 bits per heavy atom. The summed E-state index contributed by atoms with van der Waals surface area (Å²) in [5.74, 6) is -6.96. The Hall–Kier alpha value is -3.34. The summed E-state index contributed by atoms with van der Waals surface area (Å²) >= 11 is 5.81. The SMILES string of the molecule is CNC(=O)C1(NC(=O)C(=O)c2c(C)c(C(=O)Nc3ccc(F)c(Cl)c3)n3c2C2C(C3)[C@@H]2C)CC(F)(F)C1. The summed E-state index contributed by atoms with van der Waals surface area (Å²) in [4.78, 5) is 52.0. The molecule has 0 saturated heterocycles. The molecule has 3 amide bonds. The molecule has 2 unspecified atom stereocenters. The Kier molecular flexibility index (Phi) is 5.70. The summed E-state index contributed by atoms with van der Waals surface area (Å²) in [5, 5.41) is 6.98. The summed E-state index contributed by atoms with van der Waals surface area (Å²) in [6, 6.07) is 3.70. The minimum absolute atomic E-state index is 0.0341. The number of amides is 3. The van der Waals surface area contributed by atoms with E-state index < -0.39 is 53.6 Å². The summed E-state index contributed by atoms with van der Waals surface area (Å²) in [6.07, 6.45) is -1.83. The van der Waals surface area contributed by atoms with E-state index in [1.165, 1.54) is 26.1 Å². The molecule has 0 radical (unpaired) electrons. The number of carbonyl (C=O) groups excluding carboxylic acids is 4. The number of nitrogens with one attached hydrogen (secondary N) is 3. The average molecular weight is 537 g/mol. The van der Waals surface area contributed by atoms with Crippen molar-refractivity contribution in [3.63, 3.8) is 0 Å². The Morgan fingerprint density at radius 1 is 1.16 bits per heavy atom. The number of anilines is 1. The number of likely N-dealkylation sites (N-methyl/N-ethyl adjacent to an activating group) is 1. The van der Waals surface area contributed by atoms with Gasteiger partial charge in [0.1, 0.15) is 17.1 Å². The van der Waals surface area contributed by atoms with Gasteiger partial charge in [0.05, 0.1) is 10.6 Å². The van der Waals surface area contributed by atoms with Gasteiger partial charge in [-0.3, -0.25) is 19.2 Å². The number of Topliss-reactive ketones (excluding diaryl/α,β-unsaturated/α-hetero) is 1. The van der Waals surface area contributed by atoms with Gasteiger partial charge in [0, 0.05) is 43.7 Å². The van der Waals surface area contributed by atoms with Crippen molar-refractivity contribution in [1.29, 1.82) is 0 Å². The molecule has 8 nitrogen and oxygen atoms in total. The molecule has 1 aromatic carbocycles. The van der Waals surface area contributed by atoms with Crippen molar-refractivity contribution in [2.24, 2.45) is 11.8 Å². The molecule has 12 heteroatoms. The van der Waals surface area contributed by atoms with Crippen LogP contribution < -0.4 is 16.0 Å². The molecule has 196 valence electrons. The van der Waals surface area contributed by atoms with E-state index in [-0.39, 0.29) is 45.3 Å². The molecule has 2 heterocycles. The Labute approximate surface area is 214 Å². The third kappa shape index (κ3) is 3.91. The summed E-state index contributed by atoms with van der Waals surface area (Å²) in [5.41, 5.74) is -0.639. The van der Waals surface area contributed by atoms with E-state index in [4.69, 9.17) is 11.6 Å². The largest absolute Gasteiger partial charge is 0.357 e. The first kappa shape index (κ1) is 25.3. The molecule has 2 saturated carbocycles. The third-order valence-corrected chi connectivity index (χ3v) is 8.07. The van der Waals surface area contributed by atoms with Crippen LogP contribution in [0.4, 0.5) is 18.9 Å². The fourth-order valence-electron chi connectivity index (χ4n) is 5.90. The standard InChI is InChI=1S/C25H24ClF3N4O4/c1-10-13-7-33-18(21(35)31-12-4-5-15(27)14(26)6-12)11(2)17(19(33)16(10)13)20(34)22(36)32-24(23(37)30-3)8-25(28,29)9-24/h4-6,10,13,16H,7-9H2,1-3H3,(H,30,37)(H,31,35)(H,32,36)/t10-,13?,16?/m0/s1. The van der Waals surface area contributed by atoms with Crippen LogP contribution in [0.5, 0.6) is 0 Å². The molecule has 3 N–H and O–H groups in total. The number of alkyl halides is 2. The molecule has 0 spiro atoms. The highest BCUT2D eigenvalue weighted by Crippen LogP contribution is 2.61. The van der Waals surface area contributed by atoms with Gasteiger partial charge in [-0.2, -0.15) is 0 Å². The van der Waals surface area contributed by atoms with E-state index in [2.05, 4.69) is 16.0 Å². The lowest BCUT2D eigenvalue weighted by Crippen LogP contribution is -2.69. The molecule has 0 bridgehead atoms. The van der Waals surface area contributed by atoms with Gasteiger partial charge in [-0.05, 0) is 42.5 Å². The molecule has 1 aromatic heterocycles. The van der Waals surface area contributed by atoms with Crippen molar-refractivity contribution < 1.29 is 32.3 Å². The van der Waals surface area contributed by atoms with Crippen molar-refractivity contribution in [2.75, 3.05) is 12.4 Å². The molecule has 2 fully saturated rings. The molecule has 37 heavy (non-hydrogen) atoms. The number of benzene rings is 1. The second-order valence-corrected chi connectivity index (χ2v) is 10.5. The van der Waals surface area contributed by atoms with E-state index >= 15 is 0 Å². The van der Waals surface area contributed by atoms with Gasteiger partial charge in [0.25, 0.3) is 23.5 Å². The Bertz CT molecular complexity index is 1380. The van der Waals surface area contributed by atoms with Crippen LogP contribution in [0, 0.1) is 24.6 Å². The van der Waals surface area contributed by atoms with Crippen LogP contribution in [0.15, 0.2) is 18.2 Å².